The summed E-state index contributed by atoms with van der Waals surface area (Å²) in [6.07, 6.45) is 0. The van der Waals surface area contributed by atoms with E-state index in [4.69, 9.17) is 4.74 Å². The number of carbonyl (C=O) groups is 1. The van der Waals surface area contributed by atoms with Crippen molar-refractivity contribution in [3.63, 3.8) is 0 Å². The predicted molar refractivity (Wildman–Crippen MR) is 110 cm³/mol. The lowest BCUT2D eigenvalue weighted by atomic mass is 10.2. The highest BCUT2D eigenvalue weighted by atomic mass is 32.2. The van der Waals surface area contributed by atoms with Crippen LogP contribution in [0.5, 0.6) is 5.75 Å². The number of nitrogens with one attached hydrogen (secondary N) is 1. The van der Waals surface area contributed by atoms with Gasteiger partial charge in [0.15, 0.2) is 15.8 Å². The predicted octanol–water partition coefficient (Wildman–Crippen LogP) is 0.738. The van der Waals surface area contributed by atoms with Crippen LogP contribution in [0, 0.1) is 0 Å². The van der Waals surface area contributed by atoms with Crippen LogP contribution in [-0.2, 0) is 21.2 Å². The number of likely N-dealkylation sites (N-methyl/N-ethyl adjacent to an activating group) is 1. The Balaban J connectivity index is 2.19. The van der Waals surface area contributed by atoms with Crippen LogP contribution in [0.15, 0.2) is 29.3 Å². The maximum absolute atomic E-state index is 12.3. The van der Waals surface area contributed by atoms with Crippen LogP contribution >= 0.6 is 0 Å². The standard InChI is InChI=1S/C19H30N4O4S/c1-19(2)14-23(10-11-28(19,25)26)18(21-13-17(24)22(3)4)20-12-15-6-8-16(27-5)9-7-15/h6-9H,10-14H2,1-5H3,(H,20,21). The van der Waals surface area contributed by atoms with Crippen molar-refractivity contribution in [2.24, 2.45) is 4.99 Å². The van der Waals surface area contributed by atoms with E-state index < -0.39 is 14.6 Å². The Morgan fingerprint density at radius 3 is 2.46 bits per heavy atom. The molecule has 0 bridgehead atoms. The normalized spacial score (nSPS) is 18.5. The third kappa shape index (κ3) is 5.37. The van der Waals surface area contributed by atoms with E-state index in [9.17, 15) is 13.2 Å². The summed E-state index contributed by atoms with van der Waals surface area (Å²) < 4.78 is 28.9. The number of hydrogen-bond donors (Lipinski definition) is 1. The number of hydrogen-bond acceptors (Lipinski definition) is 5. The van der Waals surface area contributed by atoms with Gasteiger partial charge in [-0.15, -0.1) is 0 Å². The summed E-state index contributed by atoms with van der Waals surface area (Å²) in [7, 11) is 1.83. The molecule has 8 nitrogen and oxygen atoms in total. The molecule has 0 aliphatic carbocycles. The molecular weight excluding hydrogens is 380 g/mol. The van der Waals surface area contributed by atoms with Crippen molar-refractivity contribution in [3.8, 4) is 5.75 Å². The van der Waals surface area contributed by atoms with Gasteiger partial charge in [-0.1, -0.05) is 12.1 Å². The van der Waals surface area contributed by atoms with Gasteiger partial charge in [-0.05, 0) is 31.5 Å². The van der Waals surface area contributed by atoms with Gasteiger partial charge in [0.2, 0.25) is 5.91 Å². The Morgan fingerprint density at radius 1 is 1.29 bits per heavy atom. The third-order valence-corrected chi connectivity index (χ3v) is 7.34. The van der Waals surface area contributed by atoms with Crippen LogP contribution in [0.2, 0.25) is 0 Å². The number of methoxy groups -OCH3 is 1. The maximum atomic E-state index is 12.3. The molecular formula is C19H30N4O4S. The smallest absolute Gasteiger partial charge is 0.241 e. The summed E-state index contributed by atoms with van der Waals surface area (Å²) in [6.45, 7) is 4.61. The molecule has 1 heterocycles. The second-order valence-corrected chi connectivity index (χ2v) is 10.4. The summed E-state index contributed by atoms with van der Waals surface area (Å²) >= 11 is 0. The SMILES string of the molecule is COc1ccc(CN=C(NCC(=O)N(C)C)N2CCS(=O)(=O)C(C)(C)C2)cc1. The van der Waals surface area contributed by atoms with Gasteiger partial charge in [0, 0.05) is 27.2 Å². The van der Waals surface area contributed by atoms with Crippen molar-refractivity contribution in [3.05, 3.63) is 29.8 Å². The minimum atomic E-state index is -3.16. The Bertz CT molecular complexity index is 817. The van der Waals surface area contributed by atoms with Crippen LogP contribution in [0.3, 0.4) is 0 Å². The number of carbonyl (C=O) groups excluding carboxylic acids is 1. The van der Waals surface area contributed by atoms with E-state index in [1.807, 2.05) is 29.2 Å². The monoisotopic (exact) mass is 410 g/mol. The molecule has 1 aromatic rings. The maximum Gasteiger partial charge on any atom is 0.241 e. The molecule has 1 aromatic carbocycles. The molecule has 0 atom stereocenters. The van der Waals surface area contributed by atoms with Crippen LogP contribution in [0.25, 0.3) is 0 Å². The van der Waals surface area contributed by atoms with Crippen molar-refractivity contribution < 1.29 is 17.9 Å². The zero-order chi connectivity index (χ0) is 20.9. The van der Waals surface area contributed by atoms with E-state index in [-0.39, 0.29) is 18.2 Å². The number of nitrogens with zero attached hydrogens (tertiary/aromatic N) is 3. The quantitative estimate of drug-likeness (QED) is 0.569. The van der Waals surface area contributed by atoms with Gasteiger partial charge in [-0.3, -0.25) is 4.79 Å². The van der Waals surface area contributed by atoms with E-state index >= 15 is 0 Å². The van der Waals surface area contributed by atoms with E-state index in [1.165, 1.54) is 4.90 Å². The van der Waals surface area contributed by atoms with Crippen LogP contribution < -0.4 is 10.1 Å². The lowest BCUT2D eigenvalue weighted by Crippen LogP contribution is -2.58. The molecule has 1 aliphatic rings. The Morgan fingerprint density at radius 2 is 1.93 bits per heavy atom. The molecule has 28 heavy (non-hydrogen) atoms. The summed E-state index contributed by atoms with van der Waals surface area (Å²) in [5.41, 5.74) is 0.989. The van der Waals surface area contributed by atoms with Gasteiger partial charge < -0.3 is 19.9 Å². The van der Waals surface area contributed by atoms with E-state index in [0.717, 1.165) is 11.3 Å². The lowest BCUT2D eigenvalue weighted by Gasteiger charge is -2.39. The summed E-state index contributed by atoms with van der Waals surface area (Å²) in [5.74, 6) is 1.28. The fourth-order valence-corrected chi connectivity index (χ4v) is 4.17. The first-order valence-electron chi connectivity index (χ1n) is 9.14. The van der Waals surface area contributed by atoms with Crippen molar-refractivity contribution in [2.45, 2.75) is 25.1 Å². The number of rotatable bonds is 5. The summed E-state index contributed by atoms with van der Waals surface area (Å²) in [5, 5.41) is 3.09. The van der Waals surface area contributed by atoms with Crippen molar-refractivity contribution >= 4 is 21.7 Å². The molecule has 0 saturated carbocycles. The average Bonchev–Trinajstić information content (AvgIpc) is 2.64. The lowest BCUT2D eigenvalue weighted by molar-refractivity contribution is -0.127. The molecule has 1 aliphatic heterocycles. The highest BCUT2D eigenvalue weighted by Crippen LogP contribution is 2.24. The van der Waals surface area contributed by atoms with E-state index in [1.54, 1.807) is 35.1 Å². The average molecular weight is 411 g/mol. The Hall–Kier alpha value is -2.29. The van der Waals surface area contributed by atoms with Crippen molar-refractivity contribution in [1.29, 1.82) is 0 Å². The van der Waals surface area contributed by atoms with Crippen molar-refractivity contribution in [1.82, 2.24) is 15.1 Å². The summed E-state index contributed by atoms with van der Waals surface area (Å²) in [6, 6.07) is 7.58. The number of sulfone groups is 1. The molecule has 1 N–H and O–H groups in total. The molecule has 156 valence electrons. The molecule has 0 spiro atoms. The van der Waals surface area contributed by atoms with Gasteiger partial charge in [-0.25, -0.2) is 13.4 Å². The molecule has 1 fully saturated rings. The largest absolute Gasteiger partial charge is 0.497 e. The van der Waals surface area contributed by atoms with Gasteiger partial charge >= 0.3 is 0 Å². The third-order valence-electron chi connectivity index (χ3n) is 4.81. The zero-order valence-electron chi connectivity index (χ0n) is 17.2. The second kappa shape index (κ2) is 8.81. The first-order valence-corrected chi connectivity index (χ1v) is 10.8. The molecule has 0 radical (unpaired) electrons. The van der Waals surface area contributed by atoms with Crippen LogP contribution in [0.4, 0.5) is 0 Å². The number of ether oxygens (including phenoxy) is 1. The van der Waals surface area contributed by atoms with E-state index in [0.29, 0.717) is 25.6 Å². The van der Waals surface area contributed by atoms with Gasteiger partial charge in [-0.2, -0.15) is 0 Å². The molecule has 1 saturated heterocycles. The Labute approximate surface area is 167 Å². The molecule has 0 unspecified atom stereocenters. The molecule has 2 rings (SSSR count). The van der Waals surface area contributed by atoms with Gasteiger partial charge in [0.05, 0.1) is 30.7 Å². The van der Waals surface area contributed by atoms with Gasteiger partial charge in [0.1, 0.15) is 5.75 Å². The summed E-state index contributed by atoms with van der Waals surface area (Å²) in [4.78, 5) is 20.0. The van der Waals surface area contributed by atoms with Crippen LogP contribution in [-0.4, -0.2) is 81.4 Å². The zero-order valence-corrected chi connectivity index (χ0v) is 18.0. The molecule has 1 amide bonds. The minimum absolute atomic E-state index is 0.0604. The second-order valence-electron chi connectivity index (χ2n) is 7.63. The first-order chi connectivity index (χ1) is 13.1. The van der Waals surface area contributed by atoms with Crippen LogP contribution in [0.1, 0.15) is 19.4 Å². The van der Waals surface area contributed by atoms with Crippen molar-refractivity contribution in [2.75, 3.05) is 46.6 Å². The Kier molecular flexibility index (Phi) is 6.92. The van der Waals surface area contributed by atoms with Gasteiger partial charge in [0.25, 0.3) is 0 Å². The highest BCUT2D eigenvalue weighted by Gasteiger charge is 2.41. The van der Waals surface area contributed by atoms with E-state index in [2.05, 4.69) is 10.3 Å². The minimum Gasteiger partial charge on any atom is -0.497 e. The molecule has 9 heteroatoms. The first kappa shape index (κ1) is 22.0. The number of amides is 1. The number of guanidine groups is 1. The fourth-order valence-electron chi connectivity index (χ4n) is 2.80. The number of benzene rings is 1. The molecule has 0 aromatic heterocycles. The number of aliphatic imine (C=N–C) groups is 1. The topological polar surface area (TPSA) is 91.3 Å². The fraction of sp³-hybridized carbons (Fsp3) is 0.579. The highest BCUT2D eigenvalue weighted by molar-refractivity contribution is 7.92.